The van der Waals surface area contributed by atoms with Gasteiger partial charge in [-0.15, -0.1) is 24.8 Å². The highest BCUT2D eigenvalue weighted by molar-refractivity contribution is 5.85. The average Bonchev–Trinajstić information content (AvgIpc) is 2.55. The Hall–Kier alpha value is -0.540. The van der Waals surface area contributed by atoms with Crippen LogP contribution in [0.1, 0.15) is 72.6 Å². The van der Waals surface area contributed by atoms with Gasteiger partial charge in [0.2, 0.25) is 0 Å². The number of halogens is 2. The molecule has 2 aliphatic carbocycles. The number of rotatable bonds is 3. The lowest BCUT2D eigenvalue weighted by Crippen LogP contribution is -2.39. The molecule has 2 atom stereocenters. The van der Waals surface area contributed by atoms with Crippen molar-refractivity contribution in [2.45, 2.75) is 84.7 Å². The van der Waals surface area contributed by atoms with Crippen LogP contribution in [0.2, 0.25) is 0 Å². The number of aliphatic carboxylic acids is 1. The van der Waals surface area contributed by atoms with E-state index in [1.165, 1.54) is 12.8 Å². The van der Waals surface area contributed by atoms with Crippen molar-refractivity contribution in [3.8, 4) is 6.07 Å². The minimum Gasteiger partial charge on any atom is -0.480 e. The summed E-state index contributed by atoms with van der Waals surface area (Å²) in [5, 5.41) is 17.3. The minimum atomic E-state index is -0.852. The summed E-state index contributed by atoms with van der Waals surface area (Å²) in [5.74, 6) is 1.42. The van der Waals surface area contributed by atoms with Gasteiger partial charge in [-0.2, -0.15) is 5.26 Å². The molecule has 0 aliphatic heterocycles. The van der Waals surface area contributed by atoms with Gasteiger partial charge in [0.25, 0.3) is 0 Å². The number of nitrogens with zero attached hydrogens (tertiary/aromatic N) is 1. The number of nitriles is 1. The Bertz CT molecular complexity index is 402. The van der Waals surface area contributed by atoms with Crippen molar-refractivity contribution in [3.05, 3.63) is 0 Å². The van der Waals surface area contributed by atoms with Crippen molar-refractivity contribution in [2.24, 2.45) is 35.1 Å². The summed E-state index contributed by atoms with van der Waals surface area (Å²) < 4.78 is 0. The predicted octanol–water partition coefficient (Wildman–Crippen LogP) is 4.37. The largest absolute Gasteiger partial charge is 0.480 e. The van der Waals surface area contributed by atoms with Crippen LogP contribution in [0, 0.1) is 35.0 Å². The molecular formula is C19H39Cl2N3O2. The molecule has 2 aliphatic rings. The summed E-state index contributed by atoms with van der Waals surface area (Å²) in [7, 11) is 0. The number of hydrogen-bond donors (Lipinski definition) is 3. The Balaban J connectivity index is -0.000000366. The summed E-state index contributed by atoms with van der Waals surface area (Å²) in [6.45, 7) is 4.48. The van der Waals surface area contributed by atoms with Crippen LogP contribution >= 0.6 is 24.8 Å². The summed E-state index contributed by atoms with van der Waals surface area (Å²) in [6, 6.07) is 1.27. The Kier molecular flexibility index (Phi) is 18.0. The molecule has 0 aromatic heterocycles. The maximum atomic E-state index is 10.6. The van der Waals surface area contributed by atoms with E-state index >= 15 is 0 Å². The first-order chi connectivity index (χ1) is 10.8. The summed E-state index contributed by atoms with van der Waals surface area (Å²) >= 11 is 0. The van der Waals surface area contributed by atoms with Gasteiger partial charge < -0.3 is 16.6 Å². The molecule has 0 amide bonds. The zero-order valence-corrected chi connectivity index (χ0v) is 17.0. The molecule has 0 aromatic rings. The van der Waals surface area contributed by atoms with E-state index in [0.29, 0.717) is 5.92 Å². The van der Waals surface area contributed by atoms with Gasteiger partial charge in [0, 0.05) is 0 Å². The molecular weight excluding hydrogens is 373 g/mol. The van der Waals surface area contributed by atoms with Gasteiger partial charge in [-0.3, -0.25) is 4.79 Å². The Morgan fingerprint density at radius 2 is 1.27 bits per heavy atom. The summed E-state index contributed by atoms with van der Waals surface area (Å²) in [6.07, 6.45) is 9.02. The molecule has 0 heterocycles. The third-order valence-electron chi connectivity index (χ3n) is 5.57. The molecule has 26 heavy (non-hydrogen) atoms. The Labute approximate surface area is 172 Å². The van der Waals surface area contributed by atoms with E-state index in [0.717, 1.165) is 50.4 Å². The fourth-order valence-corrected chi connectivity index (χ4v) is 3.60. The lowest BCUT2D eigenvalue weighted by molar-refractivity contribution is -0.140. The maximum Gasteiger partial charge on any atom is 0.320 e. The first kappa shape index (κ1) is 30.2. The van der Waals surface area contributed by atoms with E-state index in [1.807, 2.05) is 0 Å². The fraction of sp³-hybridized carbons (Fsp3) is 0.895. The maximum absolute atomic E-state index is 10.6. The topological polar surface area (TPSA) is 113 Å². The van der Waals surface area contributed by atoms with E-state index < -0.39 is 12.0 Å². The van der Waals surface area contributed by atoms with E-state index in [1.54, 1.807) is 0 Å². The third kappa shape index (κ3) is 10.6. The molecule has 2 rings (SSSR count). The zero-order chi connectivity index (χ0) is 17.4. The van der Waals surface area contributed by atoms with Crippen molar-refractivity contribution < 1.29 is 9.90 Å². The molecule has 0 bridgehead atoms. The molecule has 2 saturated carbocycles. The van der Waals surface area contributed by atoms with Crippen LogP contribution in [0.5, 0.6) is 0 Å². The van der Waals surface area contributed by atoms with Crippen LogP contribution in [0.3, 0.4) is 0 Å². The van der Waals surface area contributed by atoms with Crippen LogP contribution in [0.4, 0.5) is 0 Å². The highest BCUT2D eigenvalue weighted by Crippen LogP contribution is 2.30. The van der Waals surface area contributed by atoms with E-state index in [4.69, 9.17) is 21.8 Å². The highest BCUT2D eigenvalue weighted by Gasteiger charge is 2.27. The number of carboxylic acid groups (broad SMARTS) is 1. The smallest absolute Gasteiger partial charge is 0.320 e. The van der Waals surface area contributed by atoms with Crippen LogP contribution in [-0.4, -0.2) is 23.2 Å². The predicted molar refractivity (Wildman–Crippen MR) is 113 cm³/mol. The van der Waals surface area contributed by atoms with Gasteiger partial charge >= 0.3 is 5.97 Å². The number of carboxylic acids is 1. The molecule has 7 heteroatoms. The first-order valence-corrected chi connectivity index (χ1v) is 8.98. The average molecular weight is 412 g/mol. The number of carbonyl (C=O) groups is 1. The van der Waals surface area contributed by atoms with Gasteiger partial charge in [-0.1, -0.05) is 47.0 Å². The van der Waals surface area contributed by atoms with Crippen molar-refractivity contribution in [2.75, 3.05) is 0 Å². The summed E-state index contributed by atoms with van der Waals surface area (Å²) in [5.41, 5.74) is 11.2. The fourth-order valence-electron chi connectivity index (χ4n) is 3.60. The quantitative estimate of drug-likeness (QED) is 0.637. The molecule has 0 aromatic carbocycles. The number of nitrogens with two attached hydrogens (primary N) is 2. The van der Waals surface area contributed by atoms with Gasteiger partial charge in [0.1, 0.15) is 6.04 Å². The standard InChI is InChI=1S/C9H16N2.C9H17NO2.CH4.2ClH/c1-7-2-4-8(5-3-7)9(11)6-10;1-6-2-4-7(5-3-6)8(10)9(11)12;;;/h7-9H,2-5,11H2,1H3;6-8H,2-5,10H2,1H3,(H,11,12);1H4;2*1H/t7?,8?,9-;6?,7?,8-;;;/m10.../s1. The van der Waals surface area contributed by atoms with Gasteiger partial charge in [-0.25, -0.2) is 0 Å². The molecule has 5 nitrogen and oxygen atoms in total. The van der Waals surface area contributed by atoms with Crippen LogP contribution in [-0.2, 0) is 4.79 Å². The van der Waals surface area contributed by atoms with Crippen molar-refractivity contribution in [3.63, 3.8) is 0 Å². The summed E-state index contributed by atoms with van der Waals surface area (Å²) in [4.78, 5) is 10.6. The van der Waals surface area contributed by atoms with Gasteiger partial charge in [0.05, 0.1) is 12.1 Å². The lowest BCUT2D eigenvalue weighted by Gasteiger charge is -2.28. The van der Waals surface area contributed by atoms with Crippen molar-refractivity contribution in [1.82, 2.24) is 0 Å². The van der Waals surface area contributed by atoms with Crippen LogP contribution in [0.25, 0.3) is 0 Å². The van der Waals surface area contributed by atoms with Crippen LogP contribution < -0.4 is 11.5 Å². The monoisotopic (exact) mass is 411 g/mol. The minimum absolute atomic E-state index is 0. The second-order valence-electron chi connectivity index (χ2n) is 7.56. The van der Waals surface area contributed by atoms with E-state index in [9.17, 15) is 4.79 Å². The Morgan fingerprint density at radius 3 is 1.58 bits per heavy atom. The molecule has 2 fully saturated rings. The zero-order valence-electron chi connectivity index (χ0n) is 15.4. The Morgan fingerprint density at radius 1 is 0.923 bits per heavy atom. The second kappa shape index (κ2) is 15.5. The first-order valence-electron chi connectivity index (χ1n) is 8.98. The van der Waals surface area contributed by atoms with Gasteiger partial charge in [0.15, 0.2) is 0 Å². The van der Waals surface area contributed by atoms with Crippen molar-refractivity contribution in [1.29, 1.82) is 5.26 Å². The van der Waals surface area contributed by atoms with Crippen LogP contribution in [0.15, 0.2) is 0 Å². The molecule has 0 unspecified atom stereocenters. The van der Waals surface area contributed by atoms with E-state index in [-0.39, 0.29) is 44.2 Å². The molecule has 5 N–H and O–H groups in total. The SMILES string of the molecule is C.CC1CCC([C@H](N)C#N)CC1.CC1CCC([C@H](N)C(=O)O)CC1.Cl.Cl. The third-order valence-corrected chi connectivity index (χ3v) is 5.57. The van der Waals surface area contributed by atoms with E-state index in [2.05, 4.69) is 19.9 Å². The molecule has 156 valence electrons. The normalized spacial score (nSPS) is 29.7. The van der Waals surface area contributed by atoms with Gasteiger partial charge in [-0.05, 0) is 49.4 Å². The number of hydrogen-bond acceptors (Lipinski definition) is 4. The lowest BCUT2D eigenvalue weighted by atomic mass is 9.79. The molecule has 0 spiro atoms. The molecule has 0 saturated heterocycles. The van der Waals surface area contributed by atoms with Crippen molar-refractivity contribution >= 4 is 30.8 Å². The second-order valence-corrected chi connectivity index (χ2v) is 7.56. The highest BCUT2D eigenvalue weighted by atomic mass is 35.5. The molecule has 0 radical (unpaired) electrons.